The largest absolute Gasteiger partial charge is 0.310 e. The molecule has 0 radical (unpaired) electrons. The number of anilines is 6. The van der Waals surface area contributed by atoms with Crippen LogP contribution in [0, 0.1) is 0 Å². The summed E-state index contributed by atoms with van der Waals surface area (Å²) < 4.78 is 0. The van der Waals surface area contributed by atoms with Gasteiger partial charge in [-0.3, -0.25) is 0 Å². The number of benzene rings is 7. The maximum Gasteiger partial charge on any atom is 0.0561 e. The average Bonchev–Trinajstić information content (AvgIpc) is 3.11. The lowest BCUT2D eigenvalue weighted by molar-refractivity contribution is 1.25. The highest BCUT2D eigenvalue weighted by atomic mass is 15.2. The Hall–Kier alpha value is -5.86. The molecular formula is C42H32N2. The summed E-state index contributed by atoms with van der Waals surface area (Å²) >= 11 is 0. The summed E-state index contributed by atoms with van der Waals surface area (Å²) in [5, 5.41) is 0. The molecule has 0 unspecified atom stereocenters. The van der Waals surface area contributed by atoms with Gasteiger partial charge in [-0.05, 0) is 77.4 Å². The molecule has 0 N–H and O–H groups in total. The molecule has 0 amide bonds. The van der Waals surface area contributed by atoms with Gasteiger partial charge in [-0.2, -0.15) is 0 Å². The first-order valence-corrected chi connectivity index (χ1v) is 15.0. The van der Waals surface area contributed by atoms with E-state index in [-0.39, 0.29) is 0 Å². The molecule has 2 heteroatoms. The predicted octanol–water partition coefficient (Wildman–Crippen LogP) is 12.0. The maximum absolute atomic E-state index is 2.37. The highest BCUT2D eigenvalue weighted by Gasteiger charge is 2.24. The van der Waals surface area contributed by atoms with E-state index < -0.39 is 0 Å². The van der Waals surface area contributed by atoms with Crippen molar-refractivity contribution < 1.29 is 0 Å². The zero-order valence-electron chi connectivity index (χ0n) is 24.4. The Balaban J connectivity index is 1.47. The fourth-order valence-electron chi connectivity index (χ4n) is 5.82. The molecule has 210 valence electrons. The normalized spacial score (nSPS) is 10.7. The van der Waals surface area contributed by atoms with Crippen LogP contribution in [0.25, 0.3) is 22.3 Å². The molecule has 0 aliphatic carbocycles. The van der Waals surface area contributed by atoms with Gasteiger partial charge in [0.05, 0.1) is 11.4 Å². The van der Waals surface area contributed by atoms with Crippen molar-refractivity contribution in [2.24, 2.45) is 0 Å². The third-order valence-corrected chi connectivity index (χ3v) is 7.84. The Morgan fingerprint density at radius 3 is 0.955 bits per heavy atom. The number of rotatable bonds is 8. The van der Waals surface area contributed by atoms with Gasteiger partial charge < -0.3 is 9.80 Å². The van der Waals surface area contributed by atoms with E-state index >= 15 is 0 Å². The molecule has 0 atom stereocenters. The fraction of sp³-hybridized carbons (Fsp3) is 0. The van der Waals surface area contributed by atoms with E-state index in [1.54, 1.807) is 0 Å². The van der Waals surface area contributed by atoms with Crippen LogP contribution in [0.5, 0.6) is 0 Å². The minimum atomic E-state index is 1.09. The van der Waals surface area contributed by atoms with Crippen LogP contribution in [0.2, 0.25) is 0 Å². The van der Waals surface area contributed by atoms with Crippen LogP contribution >= 0.6 is 0 Å². The van der Waals surface area contributed by atoms with Gasteiger partial charge in [0.1, 0.15) is 0 Å². The molecule has 0 aliphatic heterocycles. The quantitative estimate of drug-likeness (QED) is 0.181. The third-order valence-electron chi connectivity index (χ3n) is 7.84. The lowest BCUT2D eigenvalue weighted by Gasteiger charge is -2.33. The molecule has 2 nitrogen and oxygen atoms in total. The van der Waals surface area contributed by atoms with E-state index in [1.807, 2.05) is 0 Å². The summed E-state index contributed by atoms with van der Waals surface area (Å²) in [5.41, 5.74) is 11.3. The fourth-order valence-corrected chi connectivity index (χ4v) is 5.82. The lowest BCUT2D eigenvalue weighted by atomic mass is 9.97. The van der Waals surface area contributed by atoms with Crippen molar-refractivity contribution in [3.63, 3.8) is 0 Å². The van der Waals surface area contributed by atoms with Crippen molar-refractivity contribution in [2.75, 3.05) is 9.80 Å². The smallest absolute Gasteiger partial charge is 0.0561 e. The summed E-state index contributed by atoms with van der Waals surface area (Å²) in [4.78, 5) is 4.72. The Labute approximate surface area is 259 Å². The van der Waals surface area contributed by atoms with Crippen molar-refractivity contribution in [2.45, 2.75) is 0 Å². The molecule has 44 heavy (non-hydrogen) atoms. The molecule has 7 aromatic carbocycles. The summed E-state index contributed by atoms with van der Waals surface area (Å²) in [6.07, 6.45) is 0. The second-order valence-electron chi connectivity index (χ2n) is 10.6. The third kappa shape index (κ3) is 5.49. The zero-order chi connectivity index (χ0) is 29.6. The van der Waals surface area contributed by atoms with E-state index in [1.165, 1.54) is 11.1 Å². The minimum Gasteiger partial charge on any atom is -0.310 e. The van der Waals surface area contributed by atoms with Gasteiger partial charge in [-0.25, -0.2) is 0 Å². The summed E-state index contributed by atoms with van der Waals surface area (Å²) in [5.74, 6) is 0. The van der Waals surface area contributed by atoms with Crippen LogP contribution in [0.15, 0.2) is 194 Å². The first-order valence-electron chi connectivity index (χ1n) is 15.0. The van der Waals surface area contributed by atoms with Gasteiger partial charge in [0.15, 0.2) is 0 Å². The van der Waals surface area contributed by atoms with Crippen molar-refractivity contribution in [3.05, 3.63) is 194 Å². The highest BCUT2D eigenvalue weighted by molar-refractivity contribution is 5.98. The standard InChI is InChI=1S/C42H32N2/c1-6-17-33(18-7-1)34-29-31-39(32-30-34)44(38-25-14-5-15-26-38)41-28-16-27-40(42(41)35-19-8-2-9-20-35)43(36-21-10-3-11-22-36)37-23-12-4-13-24-37/h1-32H. The molecule has 0 bridgehead atoms. The number of hydrogen-bond donors (Lipinski definition) is 0. The molecule has 0 aromatic heterocycles. The molecule has 7 rings (SSSR count). The van der Waals surface area contributed by atoms with Gasteiger partial charge >= 0.3 is 0 Å². The molecule has 0 fully saturated rings. The molecule has 0 saturated carbocycles. The van der Waals surface area contributed by atoms with Crippen molar-refractivity contribution in [1.29, 1.82) is 0 Å². The van der Waals surface area contributed by atoms with Crippen molar-refractivity contribution in [3.8, 4) is 22.3 Å². The Morgan fingerprint density at radius 2 is 0.545 bits per heavy atom. The first kappa shape index (κ1) is 27.0. The van der Waals surface area contributed by atoms with E-state index in [0.29, 0.717) is 0 Å². The van der Waals surface area contributed by atoms with Gasteiger partial charge in [-0.15, -0.1) is 0 Å². The molecule has 0 spiro atoms. The molecule has 0 aliphatic rings. The van der Waals surface area contributed by atoms with E-state index in [4.69, 9.17) is 0 Å². The number of para-hydroxylation sites is 3. The number of hydrogen-bond acceptors (Lipinski definition) is 2. The van der Waals surface area contributed by atoms with Gasteiger partial charge in [-0.1, -0.05) is 133 Å². The second-order valence-corrected chi connectivity index (χ2v) is 10.6. The molecular weight excluding hydrogens is 532 g/mol. The van der Waals surface area contributed by atoms with Crippen LogP contribution in [0.1, 0.15) is 0 Å². The van der Waals surface area contributed by atoms with E-state index in [9.17, 15) is 0 Å². The van der Waals surface area contributed by atoms with Crippen LogP contribution in [0.4, 0.5) is 34.1 Å². The van der Waals surface area contributed by atoms with Crippen molar-refractivity contribution >= 4 is 34.1 Å². The average molecular weight is 565 g/mol. The maximum atomic E-state index is 2.37. The van der Waals surface area contributed by atoms with Crippen LogP contribution in [-0.2, 0) is 0 Å². The Morgan fingerprint density at radius 1 is 0.227 bits per heavy atom. The minimum absolute atomic E-state index is 1.09. The highest BCUT2D eigenvalue weighted by Crippen LogP contribution is 2.48. The van der Waals surface area contributed by atoms with E-state index in [2.05, 4.69) is 204 Å². The topological polar surface area (TPSA) is 6.48 Å². The molecule has 0 heterocycles. The first-order chi connectivity index (χ1) is 21.9. The number of nitrogens with zero attached hydrogens (tertiary/aromatic N) is 2. The lowest BCUT2D eigenvalue weighted by Crippen LogP contribution is -2.15. The van der Waals surface area contributed by atoms with Crippen molar-refractivity contribution in [1.82, 2.24) is 0 Å². The SMILES string of the molecule is c1ccc(-c2ccc(N(c3ccccc3)c3cccc(N(c4ccccc4)c4ccccc4)c3-c3ccccc3)cc2)cc1. The van der Waals surface area contributed by atoms with Gasteiger partial charge in [0, 0.05) is 28.3 Å². The van der Waals surface area contributed by atoms with Crippen LogP contribution < -0.4 is 9.80 Å². The monoisotopic (exact) mass is 564 g/mol. The zero-order valence-corrected chi connectivity index (χ0v) is 24.4. The second kappa shape index (κ2) is 12.6. The Bertz CT molecular complexity index is 1880. The van der Waals surface area contributed by atoms with Crippen LogP contribution in [0.3, 0.4) is 0 Å². The summed E-state index contributed by atoms with van der Waals surface area (Å²) in [7, 11) is 0. The summed E-state index contributed by atoms with van der Waals surface area (Å²) in [6, 6.07) is 68.6. The molecule has 7 aromatic rings. The van der Waals surface area contributed by atoms with Gasteiger partial charge in [0.25, 0.3) is 0 Å². The summed E-state index contributed by atoms with van der Waals surface area (Å²) in [6.45, 7) is 0. The molecule has 0 saturated heterocycles. The van der Waals surface area contributed by atoms with Gasteiger partial charge in [0.2, 0.25) is 0 Å². The van der Waals surface area contributed by atoms with E-state index in [0.717, 1.165) is 45.3 Å². The van der Waals surface area contributed by atoms with Crippen LogP contribution in [-0.4, -0.2) is 0 Å². The Kier molecular flexibility index (Phi) is 7.71. The predicted molar refractivity (Wildman–Crippen MR) is 187 cm³/mol.